The minimum Gasteiger partial charge on any atom is -0.467 e. The number of rotatable bonds is 3. The zero-order chi connectivity index (χ0) is 9.68. The van der Waals surface area contributed by atoms with Crippen molar-refractivity contribution < 1.29 is 9.53 Å². The molecule has 0 atom stereocenters. The van der Waals surface area contributed by atoms with Gasteiger partial charge in [-0.05, 0) is 0 Å². The third-order valence-electron chi connectivity index (χ3n) is 1.42. The molecule has 13 heavy (non-hydrogen) atoms. The van der Waals surface area contributed by atoms with Gasteiger partial charge in [-0.25, -0.2) is 9.97 Å². The summed E-state index contributed by atoms with van der Waals surface area (Å²) in [5.41, 5.74) is 0.577. The fraction of sp³-hybridized carbons (Fsp3) is 0.375. The maximum Gasteiger partial charge on any atom is 0.316 e. The van der Waals surface area contributed by atoms with Crippen LogP contribution in [0.1, 0.15) is 13.3 Å². The first-order valence-electron chi connectivity index (χ1n) is 3.92. The van der Waals surface area contributed by atoms with Gasteiger partial charge in [0.2, 0.25) is 5.91 Å². The highest BCUT2D eigenvalue weighted by molar-refractivity contribution is 5.90. The number of nitrogens with zero attached hydrogens (tertiary/aromatic N) is 2. The van der Waals surface area contributed by atoms with Gasteiger partial charge in [-0.1, -0.05) is 6.92 Å². The Morgan fingerprint density at radius 1 is 1.54 bits per heavy atom. The third-order valence-corrected chi connectivity index (χ3v) is 1.42. The zero-order valence-electron chi connectivity index (χ0n) is 7.57. The van der Waals surface area contributed by atoms with Crippen LogP contribution in [0.5, 0.6) is 6.01 Å². The van der Waals surface area contributed by atoms with Crippen molar-refractivity contribution in [2.45, 2.75) is 13.3 Å². The summed E-state index contributed by atoms with van der Waals surface area (Å²) in [5.74, 6) is -0.0613. The van der Waals surface area contributed by atoms with Crippen LogP contribution in [0.2, 0.25) is 0 Å². The number of nitrogens with one attached hydrogen (secondary N) is 1. The molecule has 1 N–H and O–H groups in total. The lowest BCUT2D eigenvalue weighted by molar-refractivity contribution is -0.115. The summed E-state index contributed by atoms with van der Waals surface area (Å²) in [4.78, 5) is 18.6. The molecule has 0 saturated heterocycles. The molecule has 1 aromatic heterocycles. The van der Waals surface area contributed by atoms with Gasteiger partial charge < -0.3 is 10.1 Å². The van der Waals surface area contributed by atoms with E-state index < -0.39 is 0 Å². The summed E-state index contributed by atoms with van der Waals surface area (Å²) in [6.45, 7) is 1.78. The minimum atomic E-state index is -0.0613. The number of anilines is 1. The zero-order valence-corrected chi connectivity index (χ0v) is 7.57. The molecule has 0 aliphatic rings. The van der Waals surface area contributed by atoms with Gasteiger partial charge in [0, 0.05) is 6.42 Å². The van der Waals surface area contributed by atoms with Crippen molar-refractivity contribution in [2.75, 3.05) is 12.4 Å². The van der Waals surface area contributed by atoms with E-state index in [0.717, 1.165) is 0 Å². The lowest BCUT2D eigenvalue weighted by Gasteiger charge is -2.02. The van der Waals surface area contributed by atoms with E-state index in [1.807, 2.05) is 0 Å². The SMILES string of the molecule is CCC(=O)Nc1cnc(OC)nc1. The van der Waals surface area contributed by atoms with Crippen molar-refractivity contribution in [1.82, 2.24) is 9.97 Å². The Kier molecular flexibility index (Phi) is 3.19. The molecule has 5 nitrogen and oxygen atoms in total. The first-order chi connectivity index (χ1) is 6.26. The van der Waals surface area contributed by atoms with Gasteiger partial charge in [0.05, 0.1) is 25.2 Å². The van der Waals surface area contributed by atoms with Crippen molar-refractivity contribution >= 4 is 11.6 Å². The van der Waals surface area contributed by atoms with Gasteiger partial charge in [0.15, 0.2) is 0 Å². The normalized spacial score (nSPS) is 9.38. The monoisotopic (exact) mass is 181 g/mol. The van der Waals surface area contributed by atoms with E-state index >= 15 is 0 Å². The van der Waals surface area contributed by atoms with Gasteiger partial charge in [-0.15, -0.1) is 0 Å². The van der Waals surface area contributed by atoms with E-state index in [4.69, 9.17) is 4.74 Å². The van der Waals surface area contributed by atoms with Crippen molar-refractivity contribution in [3.63, 3.8) is 0 Å². The molecule has 0 aliphatic carbocycles. The lowest BCUT2D eigenvalue weighted by Crippen LogP contribution is -2.09. The summed E-state index contributed by atoms with van der Waals surface area (Å²) in [6.07, 6.45) is 3.44. The molecule has 0 spiro atoms. The third kappa shape index (κ3) is 2.70. The van der Waals surface area contributed by atoms with E-state index in [1.165, 1.54) is 19.5 Å². The van der Waals surface area contributed by atoms with Crippen LogP contribution in [0, 0.1) is 0 Å². The first-order valence-corrected chi connectivity index (χ1v) is 3.92. The Labute approximate surface area is 76.2 Å². The van der Waals surface area contributed by atoms with Crippen LogP contribution in [-0.2, 0) is 4.79 Å². The Morgan fingerprint density at radius 3 is 2.62 bits per heavy atom. The molecule has 0 saturated carbocycles. The number of hydrogen-bond acceptors (Lipinski definition) is 4. The molecular weight excluding hydrogens is 170 g/mol. The number of hydrogen-bond donors (Lipinski definition) is 1. The summed E-state index contributed by atoms with van der Waals surface area (Å²) < 4.78 is 4.77. The molecule has 0 aliphatic heterocycles. The van der Waals surface area contributed by atoms with Crippen molar-refractivity contribution in [3.8, 4) is 6.01 Å². The minimum absolute atomic E-state index is 0.0613. The van der Waals surface area contributed by atoms with Crippen LogP contribution < -0.4 is 10.1 Å². The van der Waals surface area contributed by atoms with E-state index in [0.29, 0.717) is 12.1 Å². The number of methoxy groups -OCH3 is 1. The summed E-state index contributed by atoms with van der Waals surface area (Å²) in [5, 5.41) is 2.62. The molecule has 0 fully saturated rings. The average molecular weight is 181 g/mol. The molecule has 0 radical (unpaired) electrons. The van der Waals surface area contributed by atoms with Crippen LogP contribution >= 0.6 is 0 Å². The van der Waals surface area contributed by atoms with Crippen LogP contribution in [0.3, 0.4) is 0 Å². The topological polar surface area (TPSA) is 64.1 Å². The molecule has 70 valence electrons. The molecule has 1 rings (SSSR count). The molecule has 1 aromatic rings. The second-order valence-corrected chi connectivity index (χ2v) is 2.36. The van der Waals surface area contributed by atoms with E-state index in [9.17, 15) is 4.79 Å². The van der Waals surface area contributed by atoms with Crippen LogP contribution in [0.15, 0.2) is 12.4 Å². The van der Waals surface area contributed by atoms with E-state index in [1.54, 1.807) is 6.92 Å². The molecule has 5 heteroatoms. The van der Waals surface area contributed by atoms with Crippen LogP contribution in [0.4, 0.5) is 5.69 Å². The largest absolute Gasteiger partial charge is 0.467 e. The van der Waals surface area contributed by atoms with E-state index in [2.05, 4.69) is 15.3 Å². The highest BCUT2D eigenvalue weighted by Crippen LogP contribution is 2.06. The van der Waals surface area contributed by atoms with E-state index in [-0.39, 0.29) is 11.9 Å². The molecule has 0 bridgehead atoms. The number of amides is 1. The maximum absolute atomic E-state index is 10.9. The quantitative estimate of drug-likeness (QED) is 0.750. The average Bonchev–Trinajstić information content (AvgIpc) is 2.19. The Hall–Kier alpha value is -1.65. The number of ether oxygens (including phenoxy) is 1. The van der Waals surface area contributed by atoms with Crippen LogP contribution in [0.25, 0.3) is 0 Å². The first kappa shape index (κ1) is 9.44. The number of aromatic nitrogens is 2. The maximum atomic E-state index is 10.9. The lowest BCUT2D eigenvalue weighted by atomic mass is 10.4. The highest BCUT2D eigenvalue weighted by atomic mass is 16.5. The smallest absolute Gasteiger partial charge is 0.316 e. The van der Waals surface area contributed by atoms with Gasteiger partial charge in [0.1, 0.15) is 0 Å². The van der Waals surface area contributed by atoms with Crippen molar-refractivity contribution in [1.29, 1.82) is 0 Å². The van der Waals surface area contributed by atoms with Crippen LogP contribution in [-0.4, -0.2) is 23.0 Å². The second kappa shape index (κ2) is 4.39. The van der Waals surface area contributed by atoms with Gasteiger partial charge in [-0.2, -0.15) is 0 Å². The predicted octanol–water partition coefficient (Wildman–Crippen LogP) is 0.834. The van der Waals surface area contributed by atoms with Crippen molar-refractivity contribution in [3.05, 3.63) is 12.4 Å². The fourth-order valence-corrected chi connectivity index (χ4v) is 0.736. The summed E-state index contributed by atoms with van der Waals surface area (Å²) in [7, 11) is 1.49. The Bertz CT molecular complexity index is 284. The molecule has 0 unspecified atom stereocenters. The van der Waals surface area contributed by atoms with Gasteiger partial charge in [-0.3, -0.25) is 4.79 Å². The Balaban J connectivity index is 2.64. The molecule has 1 heterocycles. The number of carbonyl (C=O) groups excluding carboxylic acids is 1. The molecule has 0 aromatic carbocycles. The predicted molar refractivity (Wildman–Crippen MR) is 47.5 cm³/mol. The number of carbonyl (C=O) groups is 1. The van der Waals surface area contributed by atoms with Gasteiger partial charge in [0.25, 0.3) is 0 Å². The highest BCUT2D eigenvalue weighted by Gasteiger charge is 1.99. The fourth-order valence-electron chi connectivity index (χ4n) is 0.736. The van der Waals surface area contributed by atoms with Gasteiger partial charge >= 0.3 is 6.01 Å². The summed E-state index contributed by atoms with van der Waals surface area (Å²) in [6, 6.07) is 0.287. The molecular formula is C8H11N3O2. The standard InChI is InChI=1S/C8H11N3O2/c1-3-7(12)11-6-4-9-8(13-2)10-5-6/h4-5H,3H2,1-2H3,(H,11,12). The van der Waals surface area contributed by atoms with Crippen molar-refractivity contribution in [2.24, 2.45) is 0 Å². The Morgan fingerprint density at radius 2 is 2.15 bits per heavy atom. The second-order valence-electron chi connectivity index (χ2n) is 2.36. The summed E-state index contributed by atoms with van der Waals surface area (Å²) >= 11 is 0. The molecule has 1 amide bonds.